The number of piperazine rings is 1. The SMILES string of the molecule is C[C@]12CCC[C@H]1CC(c1ccc(Cl)cc1)=C(CN1CCN(c3ccc(C(=O)NS(=O)(=O)c4ccc(NCC5CCOCC5)c([N+](=O)[O-])c4)cc3)CC1)C2. The first-order valence-corrected chi connectivity index (χ1v) is 20.5. The molecule has 7 rings (SSSR count). The van der Waals surface area contributed by atoms with Crippen LogP contribution in [0.3, 0.4) is 0 Å². The fourth-order valence-corrected chi connectivity index (χ4v) is 9.80. The molecular formula is C40H48ClN5O6S. The smallest absolute Gasteiger partial charge is 0.293 e. The highest BCUT2D eigenvalue weighted by Gasteiger charge is 2.43. The van der Waals surface area contributed by atoms with Crippen LogP contribution in [0.1, 0.15) is 67.8 Å². The van der Waals surface area contributed by atoms with Crippen molar-refractivity contribution < 1.29 is 22.9 Å². The number of halogens is 1. The Hall–Kier alpha value is -3.97. The van der Waals surface area contributed by atoms with E-state index in [2.05, 4.69) is 38.9 Å². The Balaban J connectivity index is 0.958. The van der Waals surface area contributed by atoms with E-state index in [0.29, 0.717) is 31.1 Å². The van der Waals surface area contributed by atoms with Crippen LogP contribution in [0.15, 0.2) is 77.2 Å². The average Bonchev–Trinajstić information content (AvgIpc) is 3.54. The Bertz CT molecular complexity index is 1960. The lowest BCUT2D eigenvalue weighted by Gasteiger charge is -2.42. The van der Waals surface area contributed by atoms with Crippen LogP contribution in [-0.4, -0.2) is 76.6 Å². The van der Waals surface area contributed by atoms with Crippen LogP contribution in [0.2, 0.25) is 5.02 Å². The number of nitro benzene ring substituents is 1. The summed E-state index contributed by atoms with van der Waals surface area (Å²) in [5.74, 6) is 0.243. The number of anilines is 2. The molecule has 2 saturated heterocycles. The maximum absolute atomic E-state index is 13.2. The van der Waals surface area contributed by atoms with E-state index in [-0.39, 0.29) is 21.8 Å². The van der Waals surface area contributed by atoms with Crippen molar-refractivity contribution in [2.75, 3.05) is 62.7 Å². The van der Waals surface area contributed by atoms with Crippen molar-refractivity contribution in [2.45, 2.75) is 56.8 Å². The molecule has 0 bridgehead atoms. The molecule has 3 fully saturated rings. The summed E-state index contributed by atoms with van der Waals surface area (Å²) in [6.45, 7) is 8.75. The van der Waals surface area contributed by atoms with Crippen molar-refractivity contribution in [2.24, 2.45) is 17.3 Å². The van der Waals surface area contributed by atoms with Gasteiger partial charge >= 0.3 is 0 Å². The number of hydrogen-bond donors (Lipinski definition) is 2. The summed E-state index contributed by atoms with van der Waals surface area (Å²) in [6.07, 6.45) is 7.90. The molecule has 11 nitrogen and oxygen atoms in total. The number of ether oxygens (including phenoxy) is 1. The second-order valence-corrected chi connectivity index (χ2v) is 17.4. The molecular weight excluding hydrogens is 714 g/mol. The number of hydrogen-bond acceptors (Lipinski definition) is 9. The number of rotatable bonds is 11. The number of nitro groups is 1. The average molecular weight is 762 g/mol. The van der Waals surface area contributed by atoms with E-state index < -0.39 is 20.9 Å². The highest BCUT2D eigenvalue weighted by molar-refractivity contribution is 7.90. The number of carbonyl (C=O) groups is 1. The number of allylic oxidation sites excluding steroid dienone is 1. The molecule has 3 aromatic carbocycles. The zero-order valence-corrected chi connectivity index (χ0v) is 31.8. The molecule has 2 heterocycles. The quantitative estimate of drug-likeness (QED) is 0.152. The first-order chi connectivity index (χ1) is 25.5. The highest BCUT2D eigenvalue weighted by atomic mass is 35.5. The van der Waals surface area contributed by atoms with E-state index in [0.717, 1.165) is 81.1 Å². The number of nitrogens with one attached hydrogen (secondary N) is 2. The van der Waals surface area contributed by atoms with Gasteiger partial charge in [-0.25, -0.2) is 13.1 Å². The molecule has 13 heteroatoms. The van der Waals surface area contributed by atoms with Gasteiger partial charge in [0.05, 0.1) is 9.82 Å². The van der Waals surface area contributed by atoms with Crippen LogP contribution >= 0.6 is 11.6 Å². The molecule has 0 aromatic heterocycles. The minimum absolute atomic E-state index is 0.179. The van der Waals surface area contributed by atoms with Gasteiger partial charge in [-0.15, -0.1) is 0 Å². The second kappa shape index (κ2) is 15.8. The molecule has 4 aliphatic rings. The number of nitrogens with zero attached hydrogens (tertiary/aromatic N) is 3. The van der Waals surface area contributed by atoms with E-state index in [1.807, 2.05) is 24.3 Å². The Morgan fingerprint density at radius 1 is 1.00 bits per heavy atom. The van der Waals surface area contributed by atoms with Gasteiger partial charge in [0.1, 0.15) is 5.69 Å². The van der Waals surface area contributed by atoms with Gasteiger partial charge in [-0.2, -0.15) is 0 Å². The third kappa shape index (κ3) is 8.56. The molecule has 53 heavy (non-hydrogen) atoms. The predicted molar refractivity (Wildman–Crippen MR) is 208 cm³/mol. The van der Waals surface area contributed by atoms with E-state index in [1.54, 1.807) is 17.7 Å². The molecule has 282 valence electrons. The van der Waals surface area contributed by atoms with Crippen LogP contribution in [0.4, 0.5) is 17.1 Å². The molecule has 1 amide bonds. The molecule has 0 unspecified atom stereocenters. The van der Waals surface area contributed by atoms with Gasteiger partial charge < -0.3 is 15.0 Å². The lowest BCUT2D eigenvalue weighted by molar-refractivity contribution is -0.384. The Labute approximate surface area is 316 Å². The lowest BCUT2D eigenvalue weighted by Crippen LogP contribution is -2.47. The summed E-state index contributed by atoms with van der Waals surface area (Å²) in [5, 5.41) is 15.7. The minimum atomic E-state index is -4.37. The number of carbonyl (C=O) groups excluding carboxylic acids is 1. The summed E-state index contributed by atoms with van der Waals surface area (Å²) in [7, 11) is -4.37. The van der Waals surface area contributed by atoms with Crippen LogP contribution in [0, 0.1) is 27.4 Å². The van der Waals surface area contributed by atoms with Crippen molar-refractivity contribution in [1.82, 2.24) is 9.62 Å². The van der Waals surface area contributed by atoms with Gasteiger partial charge in [-0.1, -0.05) is 42.7 Å². The molecule has 2 atom stereocenters. The summed E-state index contributed by atoms with van der Waals surface area (Å²) >= 11 is 6.24. The van der Waals surface area contributed by atoms with Crippen molar-refractivity contribution in [3.8, 4) is 0 Å². The van der Waals surface area contributed by atoms with Crippen LogP contribution in [0.25, 0.3) is 5.57 Å². The van der Waals surface area contributed by atoms with Crippen molar-refractivity contribution in [3.63, 3.8) is 0 Å². The first-order valence-electron chi connectivity index (χ1n) is 18.7. The molecule has 2 aliphatic heterocycles. The molecule has 1 saturated carbocycles. The Morgan fingerprint density at radius 3 is 2.42 bits per heavy atom. The second-order valence-electron chi connectivity index (χ2n) is 15.3. The Kier molecular flexibility index (Phi) is 11.1. The summed E-state index contributed by atoms with van der Waals surface area (Å²) in [4.78, 5) is 28.8. The van der Waals surface area contributed by atoms with Crippen LogP contribution in [-0.2, 0) is 14.8 Å². The van der Waals surface area contributed by atoms with Gasteiger partial charge in [0, 0.05) is 74.8 Å². The van der Waals surface area contributed by atoms with Crippen LogP contribution in [0.5, 0.6) is 0 Å². The van der Waals surface area contributed by atoms with Gasteiger partial charge in [0.25, 0.3) is 21.6 Å². The summed E-state index contributed by atoms with van der Waals surface area (Å²) < 4.78 is 33.8. The van der Waals surface area contributed by atoms with Gasteiger partial charge in [-0.05, 0) is 115 Å². The van der Waals surface area contributed by atoms with E-state index >= 15 is 0 Å². The monoisotopic (exact) mass is 761 g/mol. The molecule has 2 aliphatic carbocycles. The van der Waals surface area contributed by atoms with Crippen LogP contribution < -0.4 is 14.9 Å². The maximum atomic E-state index is 13.2. The topological polar surface area (TPSA) is 134 Å². The largest absolute Gasteiger partial charge is 0.381 e. The van der Waals surface area contributed by atoms with Gasteiger partial charge in [0.2, 0.25) is 0 Å². The van der Waals surface area contributed by atoms with Crippen molar-refractivity contribution in [1.29, 1.82) is 0 Å². The Morgan fingerprint density at radius 2 is 1.72 bits per heavy atom. The third-order valence-corrected chi connectivity index (χ3v) is 13.5. The molecule has 0 spiro atoms. The lowest BCUT2D eigenvalue weighted by atomic mass is 9.66. The summed E-state index contributed by atoms with van der Waals surface area (Å²) in [5.41, 5.74) is 5.73. The zero-order chi connectivity index (χ0) is 37.2. The van der Waals surface area contributed by atoms with Crippen molar-refractivity contribution >= 4 is 50.2 Å². The predicted octanol–water partition coefficient (Wildman–Crippen LogP) is 7.38. The normalized spacial score (nSPS) is 22.8. The van der Waals surface area contributed by atoms with E-state index in [4.69, 9.17) is 16.3 Å². The third-order valence-electron chi connectivity index (χ3n) is 11.9. The highest BCUT2D eigenvalue weighted by Crippen LogP contribution is 2.55. The minimum Gasteiger partial charge on any atom is -0.381 e. The fourth-order valence-electron chi connectivity index (χ4n) is 8.68. The summed E-state index contributed by atoms with van der Waals surface area (Å²) in [6, 6.07) is 18.9. The van der Waals surface area contributed by atoms with E-state index in [1.165, 1.54) is 42.5 Å². The van der Waals surface area contributed by atoms with Gasteiger partial charge in [0.15, 0.2) is 0 Å². The van der Waals surface area contributed by atoms with Gasteiger partial charge in [-0.3, -0.25) is 19.8 Å². The maximum Gasteiger partial charge on any atom is 0.293 e. The molecule has 2 N–H and O–H groups in total. The van der Waals surface area contributed by atoms with Crippen molar-refractivity contribution in [3.05, 3.63) is 98.6 Å². The number of sulfonamides is 1. The molecule has 3 aromatic rings. The standard InChI is InChI=1S/C40H48ClN5O6S/c1-40-16-2-3-32(40)23-36(29-4-8-33(41)9-5-29)31(25-40)27-44-17-19-45(20-18-44)34-10-6-30(7-11-34)39(47)43-53(50,51)35-12-13-37(38(24-35)46(48)49)42-26-28-14-21-52-22-15-28/h4-13,24,28,32,42H,2-3,14-23,25-27H2,1H3,(H,43,47)/t32-,40+/m0/s1. The molecule has 0 radical (unpaired) electrons. The number of benzene rings is 3. The fraction of sp³-hybridized carbons (Fsp3) is 0.475. The first kappa shape index (κ1) is 37.3. The number of fused-ring (bicyclic) bond motifs is 1. The van der Waals surface area contributed by atoms with E-state index in [9.17, 15) is 23.3 Å². The zero-order valence-electron chi connectivity index (χ0n) is 30.2. The number of amides is 1.